The number of rotatable bonds is 3. The molecule has 0 aliphatic carbocycles. The molecule has 0 spiro atoms. The number of fused-ring (bicyclic) bond motifs is 1. The number of nitrogens with zero attached hydrogens (tertiary/aromatic N) is 1. The first-order valence-electron chi connectivity index (χ1n) is 7.40. The summed E-state index contributed by atoms with van der Waals surface area (Å²) in [7, 11) is 0. The lowest BCUT2D eigenvalue weighted by molar-refractivity contribution is 0.478. The van der Waals surface area contributed by atoms with Crippen LogP contribution in [0.25, 0.3) is 22.4 Å². The van der Waals surface area contributed by atoms with Crippen molar-refractivity contribution in [1.82, 2.24) is 15.5 Å². The Bertz CT molecular complexity index is 706. The van der Waals surface area contributed by atoms with E-state index in [0.29, 0.717) is 6.04 Å². The van der Waals surface area contributed by atoms with E-state index in [9.17, 15) is 0 Å². The van der Waals surface area contributed by atoms with E-state index in [2.05, 4.69) is 20.8 Å². The monoisotopic (exact) mass is 282 g/mol. The Morgan fingerprint density at radius 1 is 1.14 bits per heavy atom. The summed E-state index contributed by atoms with van der Waals surface area (Å²) >= 11 is 0. The zero-order chi connectivity index (χ0) is 14.1. The van der Waals surface area contributed by atoms with Crippen molar-refractivity contribution in [3.8, 4) is 11.5 Å². The van der Waals surface area contributed by atoms with Crippen molar-refractivity contribution in [3.63, 3.8) is 0 Å². The Hall–Kier alpha value is -2.27. The summed E-state index contributed by atoms with van der Waals surface area (Å²) in [6.07, 6.45) is 2.26. The predicted octanol–water partition coefficient (Wildman–Crippen LogP) is 2.99. The van der Waals surface area contributed by atoms with Crippen molar-refractivity contribution in [1.29, 1.82) is 0 Å². The van der Waals surface area contributed by atoms with Crippen LogP contribution in [0, 0.1) is 0 Å². The molecular formula is C16H18N4O. The van der Waals surface area contributed by atoms with Crippen molar-refractivity contribution >= 4 is 16.8 Å². The van der Waals surface area contributed by atoms with Crippen LogP contribution >= 0.6 is 0 Å². The maximum atomic E-state index is 5.85. The van der Waals surface area contributed by atoms with E-state index in [4.69, 9.17) is 4.42 Å². The number of para-hydroxylation sites is 1. The van der Waals surface area contributed by atoms with Gasteiger partial charge in [0.1, 0.15) is 17.1 Å². The molecule has 5 nitrogen and oxygen atoms in total. The second-order valence-electron chi connectivity index (χ2n) is 5.48. The highest BCUT2D eigenvalue weighted by Crippen LogP contribution is 2.27. The molecule has 1 aromatic carbocycles. The molecule has 0 bridgehead atoms. The average Bonchev–Trinajstić information content (AvgIpc) is 3.14. The first kappa shape index (κ1) is 12.5. The number of aromatic amines is 1. The van der Waals surface area contributed by atoms with Crippen LogP contribution in [-0.2, 0) is 0 Å². The normalized spacial score (nSPS) is 16.4. The number of furan rings is 1. The lowest BCUT2D eigenvalue weighted by Crippen LogP contribution is -2.35. The van der Waals surface area contributed by atoms with Gasteiger partial charge in [-0.05, 0) is 38.1 Å². The molecule has 3 N–H and O–H groups in total. The molecule has 108 valence electrons. The zero-order valence-corrected chi connectivity index (χ0v) is 11.7. The van der Waals surface area contributed by atoms with E-state index in [0.717, 1.165) is 54.2 Å². The predicted molar refractivity (Wildman–Crippen MR) is 83.3 cm³/mol. The number of hydrogen-bond donors (Lipinski definition) is 3. The highest BCUT2D eigenvalue weighted by Gasteiger charge is 2.15. The molecule has 3 heterocycles. The summed E-state index contributed by atoms with van der Waals surface area (Å²) in [5.74, 6) is 1.71. The highest BCUT2D eigenvalue weighted by atomic mass is 16.3. The number of benzene rings is 1. The number of aromatic nitrogens is 2. The van der Waals surface area contributed by atoms with E-state index in [1.165, 1.54) is 0 Å². The summed E-state index contributed by atoms with van der Waals surface area (Å²) in [6, 6.07) is 12.6. The summed E-state index contributed by atoms with van der Waals surface area (Å²) in [6.45, 7) is 2.14. The molecule has 5 heteroatoms. The Morgan fingerprint density at radius 2 is 2.00 bits per heavy atom. The van der Waals surface area contributed by atoms with E-state index in [1.807, 2.05) is 36.4 Å². The third kappa shape index (κ3) is 2.52. The summed E-state index contributed by atoms with van der Waals surface area (Å²) in [5.41, 5.74) is 1.80. The Morgan fingerprint density at radius 3 is 2.86 bits per heavy atom. The quantitative estimate of drug-likeness (QED) is 0.691. The average molecular weight is 282 g/mol. The van der Waals surface area contributed by atoms with E-state index < -0.39 is 0 Å². The summed E-state index contributed by atoms with van der Waals surface area (Å²) in [5, 5.41) is 15.3. The van der Waals surface area contributed by atoms with Crippen LogP contribution in [0.1, 0.15) is 12.8 Å². The van der Waals surface area contributed by atoms with Gasteiger partial charge >= 0.3 is 0 Å². The van der Waals surface area contributed by atoms with Crippen molar-refractivity contribution < 1.29 is 4.42 Å². The highest BCUT2D eigenvalue weighted by molar-refractivity contribution is 5.82. The standard InChI is InChI=1S/C16H18N4O/c1-2-4-14-11(3-1)9-15(21-14)13-10-16(20-19-13)18-12-5-7-17-8-6-12/h1-4,9-10,12,17H,5-8H2,(H2,18,19,20). The van der Waals surface area contributed by atoms with Gasteiger partial charge in [-0.2, -0.15) is 5.10 Å². The second kappa shape index (κ2) is 5.26. The molecule has 0 amide bonds. The number of nitrogens with one attached hydrogen (secondary N) is 3. The van der Waals surface area contributed by atoms with Crippen LogP contribution in [0.3, 0.4) is 0 Å². The second-order valence-corrected chi connectivity index (χ2v) is 5.48. The van der Waals surface area contributed by atoms with Crippen molar-refractivity contribution in [2.24, 2.45) is 0 Å². The number of piperidine rings is 1. The van der Waals surface area contributed by atoms with Gasteiger partial charge in [-0.1, -0.05) is 18.2 Å². The fraction of sp³-hybridized carbons (Fsp3) is 0.312. The lowest BCUT2D eigenvalue weighted by Gasteiger charge is -2.23. The Labute approximate surface area is 122 Å². The minimum atomic E-state index is 0.498. The molecule has 1 fully saturated rings. The first-order valence-corrected chi connectivity index (χ1v) is 7.40. The van der Waals surface area contributed by atoms with Gasteiger partial charge in [0.05, 0.1) is 0 Å². The molecule has 2 aromatic heterocycles. The fourth-order valence-corrected chi connectivity index (χ4v) is 2.81. The molecule has 1 saturated heterocycles. The van der Waals surface area contributed by atoms with E-state index in [1.54, 1.807) is 0 Å². The molecule has 0 radical (unpaired) electrons. The van der Waals surface area contributed by atoms with E-state index >= 15 is 0 Å². The number of H-pyrrole nitrogens is 1. The van der Waals surface area contributed by atoms with Crippen LogP contribution in [0.5, 0.6) is 0 Å². The van der Waals surface area contributed by atoms with Crippen LogP contribution in [-0.4, -0.2) is 29.3 Å². The molecule has 3 aromatic rings. The SMILES string of the molecule is c1ccc2oc(-c3cc(NC4CCNCC4)n[nH]3)cc2c1. The lowest BCUT2D eigenvalue weighted by atomic mass is 10.1. The molecule has 4 rings (SSSR count). The van der Waals surface area contributed by atoms with Gasteiger partial charge in [0.15, 0.2) is 5.76 Å². The molecule has 0 saturated carbocycles. The van der Waals surface area contributed by atoms with Gasteiger partial charge in [0, 0.05) is 17.5 Å². The summed E-state index contributed by atoms with van der Waals surface area (Å²) in [4.78, 5) is 0. The molecular weight excluding hydrogens is 264 g/mol. The van der Waals surface area contributed by atoms with Crippen molar-refractivity contribution in [3.05, 3.63) is 36.4 Å². The van der Waals surface area contributed by atoms with Crippen LogP contribution < -0.4 is 10.6 Å². The smallest absolute Gasteiger partial charge is 0.153 e. The van der Waals surface area contributed by atoms with E-state index in [-0.39, 0.29) is 0 Å². The molecule has 1 aliphatic heterocycles. The van der Waals surface area contributed by atoms with Crippen molar-refractivity contribution in [2.75, 3.05) is 18.4 Å². The van der Waals surface area contributed by atoms with Gasteiger partial charge in [0.25, 0.3) is 0 Å². The van der Waals surface area contributed by atoms with Crippen molar-refractivity contribution in [2.45, 2.75) is 18.9 Å². The Balaban J connectivity index is 1.55. The van der Waals surface area contributed by atoms with Gasteiger partial charge in [0.2, 0.25) is 0 Å². The minimum absolute atomic E-state index is 0.498. The largest absolute Gasteiger partial charge is 0.454 e. The minimum Gasteiger partial charge on any atom is -0.454 e. The fourth-order valence-electron chi connectivity index (χ4n) is 2.81. The van der Waals surface area contributed by atoms with Crippen LogP contribution in [0.4, 0.5) is 5.82 Å². The van der Waals surface area contributed by atoms with Gasteiger partial charge in [-0.15, -0.1) is 0 Å². The van der Waals surface area contributed by atoms with Crippen LogP contribution in [0.2, 0.25) is 0 Å². The topological polar surface area (TPSA) is 65.9 Å². The van der Waals surface area contributed by atoms with Gasteiger partial charge < -0.3 is 15.1 Å². The summed E-state index contributed by atoms with van der Waals surface area (Å²) < 4.78 is 5.85. The Kier molecular flexibility index (Phi) is 3.12. The number of hydrogen-bond acceptors (Lipinski definition) is 4. The zero-order valence-electron chi connectivity index (χ0n) is 11.7. The maximum Gasteiger partial charge on any atom is 0.153 e. The maximum absolute atomic E-state index is 5.85. The molecule has 21 heavy (non-hydrogen) atoms. The molecule has 0 unspecified atom stereocenters. The third-order valence-corrected chi connectivity index (χ3v) is 3.96. The third-order valence-electron chi connectivity index (χ3n) is 3.96. The molecule has 0 atom stereocenters. The number of anilines is 1. The van der Waals surface area contributed by atoms with Crippen LogP contribution in [0.15, 0.2) is 40.8 Å². The van der Waals surface area contributed by atoms with Gasteiger partial charge in [-0.3, -0.25) is 5.10 Å². The molecule has 1 aliphatic rings. The first-order chi connectivity index (χ1) is 10.4. The van der Waals surface area contributed by atoms with Gasteiger partial charge in [-0.25, -0.2) is 0 Å².